The molecule has 7 nitrogen and oxygen atoms in total. The molecule has 0 N–H and O–H groups in total. The van der Waals surface area contributed by atoms with E-state index >= 15 is 0 Å². The highest BCUT2D eigenvalue weighted by Gasteiger charge is 2.21. The van der Waals surface area contributed by atoms with Crippen molar-refractivity contribution < 1.29 is 28.3 Å². The van der Waals surface area contributed by atoms with Gasteiger partial charge in [0.2, 0.25) is 11.7 Å². The zero-order valence-corrected chi connectivity index (χ0v) is 15.3. The highest BCUT2D eigenvalue weighted by molar-refractivity contribution is 5.95. The lowest BCUT2D eigenvalue weighted by Gasteiger charge is -2.15. The van der Waals surface area contributed by atoms with Crippen molar-refractivity contribution in [2.24, 2.45) is 0 Å². The Kier molecular flexibility index (Phi) is 5.59. The second-order valence-electron chi connectivity index (χ2n) is 6.37. The molecular weight excluding hydrogens is 350 g/mol. The molecule has 1 saturated heterocycles. The summed E-state index contributed by atoms with van der Waals surface area (Å²) in [6, 6.07) is 8.94. The Hall–Kier alpha value is -3.09. The van der Waals surface area contributed by atoms with Crippen LogP contribution < -0.4 is 4.90 Å². The summed E-state index contributed by atoms with van der Waals surface area (Å²) in [6.45, 7) is 2.39. The van der Waals surface area contributed by atoms with Gasteiger partial charge in [-0.3, -0.25) is 9.59 Å². The summed E-state index contributed by atoms with van der Waals surface area (Å²) in [5, 5.41) is 0. The third-order valence-corrected chi connectivity index (χ3v) is 4.38. The molecule has 1 aliphatic heterocycles. The average Bonchev–Trinajstić information content (AvgIpc) is 3.25. The lowest BCUT2D eigenvalue weighted by atomic mass is 10.1. The van der Waals surface area contributed by atoms with Crippen molar-refractivity contribution in [1.82, 2.24) is 0 Å². The molecule has 7 heteroatoms. The second-order valence-corrected chi connectivity index (χ2v) is 6.37. The number of nitrogens with zero attached hydrogens (tertiary/aromatic N) is 1. The normalized spacial score (nSPS) is 13.7. The molecule has 1 fully saturated rings. The lowest BCUT2D eigenvalue weighted by molar-refractivity contribution is -0.144. The van der Waals surface area contributed by atoms with Crippen LogP contribution in [0.25, 0.3) is 0 Å². The Labute approximate surface area is 156 Å². The number of esters is 2. The number of hydrogen-bond donors (Lipinski definition) is 0. The number of carbonyl (C=O) groups excluding carboxylic acids is 3. The largest absolute Gasteiger partial charge is 0.463 e. The number of carbonyl (C=O) groups is 3. The first kappa shape index (κ1) is 18.7. The van der Waals surface area contributed by atoms with Gasteiger partial charge in [-0.05, 0) is 37.1 Å². The topological polar surface area (TPSA) is 86.1 Å². The van der Waals surface area contributed by atoms with Crippen molar-refractivity contribution in [1.29, 1.82) is 0 Å². The van der Waals surface area contributed by atoms with E-state index in [-0.39, 0.29) is 24.7 Å². The fourth-order valence-corrected chi connectivity index (χ4v) is 3.00. The summed E-state index contributed by atoms with van der Waals surface area (Å²) < 4.78 is 15.2. The van der Waals surface area contributed by atoms with Crippen LogP contribution in [0.5, 0.6) is 0 Å². The summed E-state index contributed by atoms with van der Waals surface area (Å²) in [6.07, 6.45) is 1.56. The lowest BCUT2D eigenvalue weighted by Crippen LogP contribution is -2.23. The molecule has 0 spiro atoms. The third-order valence-electron chi connectivity index (χ3n) is 4.38. The van der Waals surface area contributed by atoms with Gasteiger partial charge in [0.25, 0.3) is 0 Å². The summed E-state index contributed by atoms with van der Waals surface area (Å²) in [5.74, 6) is -0.364. The molecule has 0 atom stereocenters. The molecule has 1 aromatic heterocycles. The number of aryl methyl sites for hydroxylation is 1. The standard InChI is InChI=1S/C20H21NO6/c1-13-10-16(27-19(13)20(24)25-2)12-26-18(23)11-14-5-7-15(8-6-14)21-9-3-4-17(21)22/h5-8,10H,3-4,9,11-12H2,1-2H3. The minimum absolute atomic E-state index is 0.0585. The molecule has 1 aliphatic rings. The first-order chi connectivity index (χ1) is 13.0. The van der Waals surface area contributed by atoms with Gasteiger partial charge in [-0.15, -0.1) is 0 Å². The Morgan fingerprint density at radius 3 is 2.59 bits per heavy atom. The highest BCUT2D eigenvalue weighted by atomic mass is 16.5. The van der Waals surface area contributed by atoms with Crippen molar-refractivity contribution in [3.05, 3.63) is 53.0 Å². The Morgan fingerprint density at radius 2 is 1.96 bits per heavy atom. The van der Waals surface area contributed by atoms with E-state index in [9.17, 15) is 14.4 Å². The quantitative estimate of drug-likeness (QED) is 0.726. The van der Waals surface area contributed by atoms with Crippen LogP contribution in [0.3, 0.4) is 0 Å². The van der Waals surface area contributed by atoms with Crippen LogP contribution in [-0.2, 0) is 32.1 Å². The van der Waals surface area contributed by atoms with Gasteiger partial charge >= 0.3 is 11.9 Å². The predicted molar refractivity (Wildman–Crippen MR) is 96.3 cm³/mol. The smallest absolute Gasteiger partial charge is 0.374 e. The van der Waals surface area contributed by atoms with Gasteiger partial charge in [-0.2, -0.15) is 0 Å². The molecule has 0 radical (unpaired) electrons. The number of rotatable bonds is 6. The summed E-state index contributed by atoms with van der Waals surface area (Å²) in [7, 11) is 1.27. The molecule has 2 aromatic rings. The van der Waals surface area contributed by atoms with E-state index in [0.717, 1.165) is 24.2 Å². The molecule has 3 rings (SSSR count). The van der Waals surface area contributed by atoms with Gasteiger partial charge < -0.3 is 18.8 Å². The molecule has 0 saturated carbocycles. The van der Waals surface area contributed by atoms with Crippen LogP contribution in [0.1, 0.15) is 40.3 Å². The van der Waals surface area contributed by atoms with Crippen molar-refractivity contribution in [3.63, 3.8) is 0 Å². The Balaban J connectivity index is 1.53. The van der Waals surface area contributed by atoms with Gasteiger partial charge in [-0.25, -0.2) is 4.79 Å². The zero-order valence-electron chi connectivity index (χ0n) is 15.3. The van der Waals surface area contributed by atoms with Crippen molar-refractivity contribution in [2.75, 3.05) is 18.6 Å². The summed E-state index contributed by atoms with van der Waals surface area (Å²) in [5.41, 5.74) is 2.26. The maximum Gasteiger partial charge on any atom is 0.374 e. The molecule has 0 bridgehead atoms. The van der Waals surface area contributed by atoms with Crippen molar-refractivity contribution in [3.8, 4) is 0 Å². The minimum Gasteiger partial charge on any atom is -0.463 e. The highest BCUT2D eigenvalue weighted by Crippen LogP contribution is 2.22. The van der Waals surface area contributed by atoms with E-state index < -0.39 is 11.9 Å². The van der Waals surface area contributed by atoms with Crippen molar-refractivity contribution >= 4 is 23.5 Å². The van der Waals surface area contributed by atoms with Gasteiger partial charge in [-0.1, -0.05) is 12.1 Å². The minimum atomic E-state index is -0.568. The monoisotopic (exact) mass is 371 g/mol. The molecular formula is C20H21NO6. The number of hydrogen-bond acceptors (Lipinski definition) is 6. The third kappa shape index (κ3) is 4.36. The van der Waals surface area contributed by atoms with Crippen molar-refractivity contribution in [2.45, 2.75) is 32.8 Å². The summed E-state index contributed by atoms with van der Waals surface area (Å²) in [4.78, 5) is 37.1. The molecule has 1 aromatic carbocycles. The van der Waals surface area contributed by atoms with E-state index in [1.807, 2.05) is 24.3 Å². The SMILES string of the molecule is COC(=O)c1oc(COC(=O)Cc2ccc(N3CCCC3=O)cc2)cc1C. The number of amides is 1. The van der Waals surface area contributed by atoms with Gasteiger partial charge in [0.1, 0.15) is 12.4 Å². The van der Waals surface area contributed by atoms with E-state index in [2.05, 4.69) is 4.74 Å². The fourth-order valence-electron chi connectivity index (χ4n) is 3.00. The maximum absolute atomic E-state index is 12.0. The number of furan rings is 1. The molecule has 0 unspecified atom stereocenters. The van der Waals surface area contributed by atoms with Crippen LogP contribution in [0.4, 0.5) is 5.69 Å². The summed E-state index contributed by atoms with van der Waals surface area (Å²) >= 11 is 0. The molecule has 2 heterocycles. The van der Waals surface area contributed by atoms with Crippen LogP contribution in [0, 0.1) is 6.92 Å². The Bertz CT molecular complexity index is 852. The predicted octanol–water partition coefficient (Wildman–Crippen LogP) is 2.79. The Morgan fingerprint density at radius 1 is 1.22 bits per heavy atom. The van der Waals surface area contributed by atoms with E-state index in [1.54, 1.807) is 17.9 Å². The van der Waals surface area contributed by atoms with E-state index in [0.29, 0.717) is 17.7 Å². The van der Waals surface area contributed by atoms with E-state index in [1.165, 1.54) is 7.11 Å². The molecule has 27 heavy (non-hydrogen) atoms. The number of anilines is 1. The van der Waals surface area contributed by atoms with Crippen LogP contribution in [0.15, 0.2) is 34.7 Å². The van der Waals surface area contributed by atoms with Crippen LogP contribution >= 0.6 is 0 Å². The molecule has 0 aliphatic carbocycles. The number of methoxy groups -OCH3 is 1. The van der Waals surface area contributed by atoms with Crippen LogP contribution in [0.2, 0.25) is 0 Å². The first-order valence-corrected chi connectivity index (χ1v) is 8.70. The molecule has 1 amide bonds. The van der Waals surface area contributed by atoms with Gasteiger partial charge in [0, 0.05) is 24.2 Å². The number of benzene rings is 1. The maximum atomic E-state index is 12.0. The van der Waals surface area contributed by atoms with E-state index in [4.69, 9.17) is 9.15 Å². The average molecular weight is 371 g/mol. The number of ether oxygens (including phenoxy) is 2. The zero-order chi connectivity index (χ0) is 19.4. The van der Waals surface area contributed by atoms with Gasteiger partial charge in [0.05, 0.1) is 13.5 Å². The first-order valence-electron chi connectivity index (χ1n) is 8.70. The fraction of sp³-hybridized carbons (Fsp3) is 0.350. The van der Waals surface area contributed by atoms with Gasteiger partial charge in [0.15, 0.2) is 0 Å². The van der Waals surface area contributed by atoms with Crippen LogP contribution in [-0.4, -0.2) is 31.5 Å². The second kappa shape index (κ2) is 8.07. The molecule has 142 valence electrons.